The van der Waals surface area contributed by atoms with Crippen LogP contribution in [-0.4, -0.2) is 44.4 Å². The van der Waals surface area contributed by atoms with Gasteiger partial charge in [-0.25, -0.2) is 12.7 Å². The van der Waals surface area contributed by atoms with Crippen molar-refractivity contribution in [1.82, 2.24) is 15.2 Å². The molecule has 0 bridgehead atoms. The molecule has 0 aliphatic rings. The zero-order chi connectivity index (χ0) is 20.0. The van der Waals surface area contributed by atoms with Gasteiger partial charge in [0, 0.05) is 24.6 Å². The molecule has 2 aromatic carbocycles. The molecule has 2 rings (SSSR count). The summed E-state index contributed by atoms with van der Waals surface area (Å²) in [6, 6.07) is 13.3. The number of hydrogen-bond acceptors (Lipinski definition) is 5. The summed E-state index contributed by atoms with van der Waals surface area (Å²) >= 11 is 1.36. The third kappa shape index (κ3) is 5.56. The number of hydrazine groups is 1. The lowest BCUT2D eigenvalue weighted by molar-refractivity contribution is -0.119. The van der Waals surface area contributed by atoms with Crippen LogP contribution in [0.1, 0.15) is 15.9 Å². The van der Waals surface area contributed by atoms with E-state index in [1.165, 1.54) is 50.1 Å². The summed E-state index contributed by atoms with van der Waals surface area (Å²) in [5.74, 6) is -0.825. The summed E-state index contributed by atoms with van der Waals surface area (Å²) in [6.45, 7) is 1.96. The molecule has 0 aliphatic carbocycles. The molecule has 0 atom stereocenters. The molecule has 0 heterocycles. The quantitative estimate of drug-likeness (QED) is 0.562. The Hall–Kier alpha value is -2.36. The first kappa shape index (κ1) is 20.9. The largest absolute Gasteiger partial charge is 0.272 e. The Morgan fingerprint density at radius 2 is 1.74 bits per heavy atom. The van der Waals surface area contributed by atoms with Crippen LogP contribution >= 0.6 is 11.8 Å². The van der Waals surface area contributed by atoms with E-state index < -0.39 is 15.9 Å². The van der Waals surface area contributed by atoms with Gasteiger partial charge in [-0.2, -0.15) is 0 Å². The van der Waals surface area contributed by atoms with Crippen molar-refractivity contribution in [2.45, 2.75) is 16.7 Å². The highest BCUT2D eigenvalue weighted by Gasteiger charge is 2.18. The van der Waals surface area contributed by atoms with Crippen molar-refractivity contribution in [3.05, 3.63) is 59.7 Å². The van der Waals surface area contributed by atoms with Crippen molar-refractivity contribution < 1.29 is 18.0 Å². The highest BCUT2D eigenvalue weighted by Crippen LogP contribution is 2.21. The molecular formula is C18H21N3O4S2. The van der Waals surface area contributed by atoms with Crippen LogP contribution in [0.25, 0.3) is 0 Å². The molecule has 0 aliphatic heterocycles. The monoisotopic (exact) mass is 407 g/mol. The first-order valence-corrected chi connectivity index (χ1v) is 10.4. The third-order valence-electron chi connectivity index (χ3n) is 3.64. The summed E-state index contributed by atoms with van der Waals surface area (Å²) in [7, 11) is -0.823. The molecule has 0 radical (unpaired) electrons. The summed E-state index contributed by atoms with van der Waals surface area (Å²) in [4.78, 5) is 25.1. The number of amides is 2. The van der Waals surface area contributed by atoms with E-state index in [9.17, 15) is 18.0 Å². The van der Waals surface area contributed by atoms with Crippen LogP contribution in [0.3, 0.4) is 0 Å². The maximum Gasteiger partial charge on any atom is 0.269 e. The minimum Gasteiger partial charge on any atom is -0.272 e. The van der Waals surface area contributed by atoms with Crippen molar-refractivity contribution in [2.75, 3.05) is 19.8 Å². The average molecular weight is 408 g/mol. The van der Waals surface area contributed by atoms with Crippen LogP contribution in [0, 0.1) is 6.92 Å². The molecule has 144 valence electrons. The van der Waals surface area contributed by atoms with Gasteiger partial charge in [-0.05, 0) is 36.8 Å². The van der Waals surface area contributed by atoms with E-state index in [4.69, 9.17) is 0 Å². The number of rotatable bonds is 6. The molecule has 0 saturated heterocycles. The second-order valence-corrected chi connectivity index (χ2v) is 9.04. The number of carbonyl (C=O) groups excluding carboxylic acids is 2. The number of hydrogen-bond donors (Lipinski definition) is 2. The van der Waals surface area contributed by atoms with Gasteiger partial charge in [0.05, 0.1) is 10.6 Å². The van der Waals surface area contributed by atoms with Gasteiger partial charge in [0.1, 0.15) is 0 Å². The highest BCUT2D eigenvalue weighted by atomic mass is 32.2. The van der Waals surface area contributed by atoms with Gasteiger partial charge in [-0.1, -0.05) is 24.3 Å². The Labute approximate surface area is 163 Å². The summed E-state index contributed by atoms with van der Waals surface area (Å²) in [6.07, 6.45) is 0. The predicted molar refractivity (Wildman–Crippen MR) is 105 cm³/mol. The molecule has 7 nitrogen and oxygen atoms in total. The smallest absolute Gasteiger partial charge is 0.269 e. The molecule has 0 unspecified atom stereocenters. The minimum atomic E-state index is -3.64. The maximum absolute atomic E-state index is 12.2. The number of benzene rings is 2. The number of nitrogens with zero attached hydrogens (tertiary/aromatic N) is 1. The van der Waals surface area contributed by atoms with E-state index in [1.807, 2.05) is 31.2 Å². The normalized spacial score (nSPS) is 11.3. The van der Waals surface area contributed by atoms with Crippen LogP contribution in [0.4, 0.5) is 0 Å². The van der Waals surface area contributed by atoms with Crippen LogP contribution in [0.15, 0.2) is 58.3 Å². The van der Waals surface area contributed by atoms with Gasteiger partial charge in [0.15, 0.2) is 0 Å². The highest BCUT2D eigenvalue weighted by molar-refractivity contribution is 8.00. The Morgan fingerprint density at radius 1 is 1.04 bits per heavy atom. The molecule has 0 aromatic heterocycles. The molecule has 2 aromatic rings. The SMILES string of the molecule is Cc1ccccc1SCC(=O)NNC(=O)c1cccc(S(=O)(=O)N(C)C)c1. The minimum absolute atomic E-state index is 0.00147. The van der Waals surface area contributed by atoms with Gasteiger partial charge in [-0.3, -0.25) is 20.4 Å². The number of carbonyl (C=O) groups is 2. The summed E-state index contributed by atoms with van der Waals surface area (Å²) in [5, 5.41) is 0. The Morgan fingerprint density at radius 3 is 2.41 bits per heavy atom. The van der Waals surface area contributed by atoms with Crippen molar-refractivity contribution in [2.24, 2.45) is 0 Å². The maximum atomic E-state index is 12.2. The zero-order valence-electron chi connectivity index (χ0n) is 15.2. The lowest BCUT2D eigenvalue weighted by Gasteiger charge is -2.12. The van der Waals surface area contributed by atoms with Crippen LogP contribution < -0.4 is 10.9 Å². The van der Waals surface area contributed by atoms with Crippen molar-refractivity contribution >= 4 is 33.6 Å². The van der Waals surface area contributed by atoms with Gasteiger partial charge in [0.25, 0.3) is 5.91 Å². The second-order valence-electron chi connectivity index (χ2n) is 5.87. The molecule has 0 spiro atoms. The third-order valence-corrected chi connectivity index (χ3v) is 6.63. The number of aryl methyl sites for hydroxylation is 1. The number of thioether (sulfide) groups is 1. The second kappa shape index (κ2) is 9.03. The molecule has 2 N–H and O–H groups in total. The first-order chi connectivity index (χ1) is 12.7. The van der Waals surface area contributed by atoms with E-state index in [0.717, 1.165) is 14.8 Å². The number of nitrogens with one attached hydrogen (secondary N) is 2. The molecule has 2 amide bonds. The van der Waals surface area contributed by atoms with Crippen molar-refractivity contribution in [3.63, 3.8) is 0 Å². The Balaban J connectivity index is 1.94. The van der Waals surface area contributed by atoms with Crippen molar-refractivity contribution in [1.29, 1.82) is 0 Å². The number of sulfonamides is 1. The Kier molecular flexibility index (Phi) is 7.00. The topological polar surface area (TPSA) is 95.6 Å². The zero-order valence-corrected chi connectivity index (χ0v) is 16.9. The molecule has 0 saturated carbocycles. The fourth-order valence-corrected chi connectivity index (χ4v) is 3.88. The first-order valence-electron chi connectivity index (χ1n) is 8.02. The standard InChI is InChI=1S/C18H21N3O4S2/c1-13-7-4-5-10-16(13)26-12-17(22)19-20-18(23)14-8-6-9-15(11-14)27(24,25)21(2)3/h4-11H,12H2,1-3H3,(H,19,22)(H,20,23). The average Bonchev–Trinajstić information content (AvgIpc) is 2.65. The van der Waals surface area contributed by atoms with Gasteiger partial charge in [-0.15, -0.1) is 11.8 Å². The van der Waals surface area contributed by atoms with E-state index >= 15 is 0 Å². The molecule has 9 heteroatoms. The predicted octanol–water partition coefficient (Wildman–Crippen LogP) is 1.80. The Bertz CT molecular complexity index is 943. The fourth-order valence-electron chi connectivity index (χ4n) is 2.11. The van der Waals surface area contributed by atoms with E-state index in [-0.39, 0.29) is 22.1 Å². The van der Waals surface area contributed by atoms with E-state index in [1.54, 1.807) is 0 Å². The van der Waals surface area contributed by atoms with Crippen LogP contribution in [-0.2, 0) is 14.8 Å². The molecular weight excluding hydrogens is 386 g/mol. The van der Waals surface area contributed by atoms with E-state index in [0.29, 0.717) is 0 Å². The fraction of sp³-hybridized carbons (Fsp3) is 0.222. The van der Waals surface area contributed by atoms with E-state index in [2.05, 4.69) is 10.9 Å². The van der Waals surface area contributed by atoms with Crippen LogP contribution in [0.5, 0.6) is 0 Å². The lowest BCUT2D eigenvalue weighted by Crippen LogP contribution is -2.42. The van der Waals surface area contributed by atoms with Gasteiger partial charge >= 0.3 is 0 Å². The van der Waals surface area contributed by atoms with Gasteiger partial charge < -0.3 is 0 Å². The summed E-state index contributed by atoms with van der Waals surface area (Å²) < 4.78 is 25.3. The lowest BCUT2D eigenvalue weighted by atomic mass is 10.2. The molecule has 0 fully saturated rings. The van der Waals surface area contributed by atoms with Gasteiger partial charge in [0.2, 0.25) is 15.9 Å². The molecule has 27 heavy (non-hydrogen) atoms. The summed E-state index contributed by atoms with van der Waals surface area (Å²) in [5.41, 5.74) is 5.83. The van der Waals surface area contributed by atoms with Crippen LogP contribution in [0.2, 0.25) is 0 Å². The van der Waals surface area contributed by atoms with Crippen molar-refractivity contribution in [3.8, 4) is 0 Å².